The van der Waals surface area contributed by atoms with Crippen LogP contribution in [-0.4, -0.2) is 60.0 Å². The number of carbonyl (C=O) groups is 2. The lowest BCUT2D eigenvalue weighted by Crippen LogP contribution is -2.39. The smallest absolute Gasteiger partial charge is 0.273 e. The molecule has 0 spiro atoms. The Balaban J connectivity index is 1.44. The third-order valence-electron chi connectivity index (χ3n) is 5.32. The zero-order valence-electron chi connectivity index (χ0n) is 17.7. The highest BCUT2D eigenvalue weighted by Gasteiger charge is 2.47. The molecule has 32 heavy (non-hydrogen) atoms. The third-order valence-corrected chi connectivity index (χ3v) is 5.32. The summed E-state index contributed by atoms with van der Waals surface area (Å²) >= 11 is 0. The van der Waals surface area contributed by atoms with Crippen LogP contribution in [0.5, 0.6) is 0 Å². The lowest BCUT2D eigenvalue weighted by atomic mass is 10.2. The first-order valence-electron chi connectivity index (χ1n) is 10.1. The molecular formula is C21H23F2N7O2. The van der Waals surface area contributed by atoms with Gasteiger partial charge in [-0.2, -0.15) is 5.10 Å². The van der Waals surface area contributed by atoms with Gasteiger partial charge in [-0.25, -0.2) is 13.5 Å². The van der Waals surface area contributed by atoms with Crippen LogP contribution in [0.4, 0.5) is 8.78 Å². The molecule has 4 rings (SSSR count). The maximum atomic E-state index is 14.2. The summed E-state index contributed by atoms with van der Waals surface area (Å²) < 4.78 is 31.1. The SMILES string of the molecule is Cc1cc(C(=O)N2CC(F)(F)CC2Cn2cc(C(=O)NCc3ccccc3)nn2)n(C)n1. The zero-order valence-corrected chi connectivity index (χ0v) is 17.7. The fraction of sp³-hybridized carbons (Fsp3) is 0.381. The van der Waals surface area contributed by atoms with E-state index in [9.17, 15) is 18.4 Å². The Morgan fingerprint density at radius 1 is 1.25 bits per heavy atom. The van der Waals surface area contributed by atoms with E-state index in [1.54, 1.807) is 20.0 Å². The molecule has 168 valence electrons. The van der Waals surface area contributed by atoms with E-state index >= 15 is 0 Å². The number of hydrogen-bond donors (Lipinski definition) is 1. The van der Waals surface area contributed by atoms with Crippen LogP contribution in [0.1, 0.15) is 38.7 Å². The van der Waals surface area contributed by atoms with E-state index in [1.165, 1.54) is 15.6 Å². The first-order chi connectivity index (χ1) is 15.2. The second-order valence-corrected chi connectivity index (χ2v) is 7.94. The molecule has 1 aliphatic rings. The van der Waals surface area contributed by atoms with Crippen molar-refractivity contribution in [2.45, 2.75) is 38.4 Å². The lowest BCUT2D eigenvalue weighted by Gasteiger charge is -2.23. The van der Waals surface area contributed by atoms with Crippen LogP contribution in [0.15, 0.2) is 42.6 Å². The number of amides is 2. The monoisotopic (exact) mass is 443 g/mol. The fourth-order valence-corrected chi connectivity index (χ4v) is 3.83. The molecule has 1 saturated heterocycles. The minimum Gasteiger partial charge on any atom is -0.347 e. The van der Waals surface area contributed by atoms with Gasteiger partial charge in [0.1, 0.15) is 5.69 Å². The van der Waals surface area contributed by atoms with Crippen LogP contribution in [0.2, 0.25) is 0 Å². The molecule has 1 atom stereocenters. The van der Waals surface area contributed by atoms with E-state index < -0.39 is 36.7 Å². The highest BCUT2D eigenvalue weighted by molar-refractivity contribution is 5.93. The van der Waals surface area contributed by atoms with Crippen molar-refractivity contribution < 1.29 is 18.4 Å². The number of aryl methyl sites for hydroxylation is 2. The number of halogens is 2. The minimum atomic E-state index is -3.01. The van der Waals surface area contributed by atoms with Crippen molar-refractivity contribution in [1.82, 2.24) is 35.0 Å². The first kappa shape index (κ1) is 21.6. The largest absolute Gasteiger partial charge is 0.347 e. The average molecular weight is 443 g/mol. The van der Waals surface area contributed by atoms with Gasteiger partial charge in [0.05, 0.1) is 31.0 Å². The number of carbonyl (C=O) groups excluding carboxylic acids is 2. The van der Waals surface area contributed by atoms with Gasteiger partial charge in [-0.15, -0.1) is 5.10 Å². The van der Waals surface area contributed by atoms with Gasteiger partial charge in [-0.1, -0.05) is 35.5 Å². The maximum Gasteiger partial charge on any atom is 0.273 e. The summed E-state index contributed by atoms with van der Waals surface area (Å²) in [6, 6.07) is 10.2. The van der Waals surface area contributed by atoms with Crippen molar-refractivity contribution in [3.05, 3.63) is 65.2 Å². The Morgan fingerprint density at radius 3 is 2.69 bits per heavy atom. The highest BCUT2D eigenvalue weighted by atomic mass is 19.3. The van der Waals surface area contributed by atoms with E-state index in [2.05, 4.69) is 20.7 Å². The molecule has 2 aromatic heterocycles. The molecule has 11 heteroatoms. The highest BCUT2D eigenvalue weighted by Crippen LogP contribution is 2.33. The van der Waals surface area contributed by atoms with Gasteiger partial charge in [-0.3, -0.25) is 14.3 Å². The normalized spacial score (nSPS) is 17.5. The van der Waals surface area contributed by atoms with Gasteiger partial charge >= 0.3 is 0 Å². The van der Waals surface area contributed by atoms with Crippen molar-refractivity contribution >= 4 is 11.8 Å². The summed E-state index contributed by atoms with van der Waals surface area (Å²) in [5.41, 5.74) is 1.87. The second kappa shape index (κ2) is 8.48. The molecule has 1 unspecified atom stereocenters. The summed E-state index contributed by atoms with van der Waals surface area (Å²) in [6.07, 6.45) is 0.901. The molecule has 1 aromatic carbocycles. The molecule has 0 radical (unpaired) electrons. The standard InChI is InChI=1S/C21H23F2N7O2/c1-14-8-18(28(2)26-14)20(32)30-13-21(22,23)9-16(30)11-29-12-17(25-27-29)19(31)24-10-15-6-4-3-5-7-15/h3-8,12,16H,9-11,13H2,1-2H3,(H,24,31). The van der Waals surface area contributed by atoms with E-state index in [0.717, 1.165) is 10.5 Å². The van der Waals surface area contributed by atoms with E-state index in [0.29, 0.717) is 12.2 Å². The van der Waals surface area contributed by atoms with E-state index in [-0.39, 0.29) is 17.9 Å². The molecule has 0 bridgehead atoms. The lowest BCUT2D eigenvalue weighted by molar-refractivity contribution is 0.0116. The Kier molecular flexibility index (Phi) is 5.72. The molecule has 3 heterocycles. The molecule has 1 N–H and O–H groups in total. The maximum absolute atomic E-state index is 14.2. The molecule has 0 aliphatic carbocycles. The number of nitrogens with one attached hydrogen (secondary N) is 1. The molecule has 9 nitrogen and oxygen atoms in total. The Bertz CT molecular complexity index is 1130. The molecule has 1 aliphatic heterocycles. The van der Waals surface area contributed by atoms with Crippen molar-refractivity contribution in [3.8, 4) is 0 Å². The predicted octanol–water partition coefficient (Wildman–Crippen LogP) is 1.80. The van der Waals surface area contributed by atoms with Gasteiger partial charge in [0, 0.05) is 20.0 Å². The number of likely N-dealkylation sites (tertiary alicyclic amines) is 1. The summed E-state index contributed by atoms with van der Waals surface area (Å²) in [7, 11) is 1.60. The molecule has 3 aromatic rings. The molecule has 2 amide bonds. The third kappa shape index (κ3) is 4.66. The quantitative estimate of drug-likeness (QED) is 0.627. The Hall–Kier alpha value is -3.63. The summed E-state index contributed by atoms with van der Waals surface area (Å²) in [5.74, 6) is -3.95. The predicted molar refractivity (Wildman–Crippen MR) is 110 cm³/mol. The molecular weight excluding hydrogens is 420 g/mol. The Labute approximate surface area is 183 Å². The Morgan fingerprint density at radius 2 is 2.00 bits per heavy atom. The number of nitrogens with zero attached hydrogens (tertiary/aromatic N) is 6. The first-order valence-corrected chi connectivity index (χ1v) is 10.1. The number of alkyl halides is 2. The van der Waals surface area contributed by atoms with Crippen molar-refractivity contribution in [3.63, 3.8) is 0 Å². The average Bonchev–Trinajstić information content (AvgIpc) is 3.43. The van der Waals surface area contributed by atoms with Gasteiger partial charge in [0.2, 0.25) is 0 Å². The fourth-order valence-electron chi connectivity index (χ4n) is 3.83. The van der Waals surface area contributed by atoms with Crippen molar-refractivity contribution in [1.29, 1.82) is 0 Å². The van der Waals surface area contributed by atoms with Crippen LogP contribution in [0, 0.1) is 6.92 Å². The molecule has 0 saturated carbocycles. The van der Waals surface area contributed by atoms with Crippen LogP contribution >= 0.6 is 0 Å². The summed E-state index contributed by atoms with van der Waals surface area (Å²) in [6.45, 7) is 1.37. The van der Waals surface area contributed by atoms with Gasteiger partial charge in [0.15, 0.2) is 5.69 Å². The van der Waals surface area contributed by atoms with Crippen molar-refractivity contribution in [2.75, 3.05) is 6.54 Å². The van der Waals surface area contributed by atoms with Gasteiger partial charge < -0.3 is 10.2 Å². The van der Waals surface area contributed by atoms with Gasteiger partial charge in [-0.05, 0) is 18.6 Å². The van der Waals surface area contributed by atoms with Crippen LogP contribution in [0.3, 0.4) is 0 Å². The number of benzene rings is 1. The summed E-state index contributed by atoms with van der Waals surface area (Å²) in [5, 5.41) is 14.6. The van der Waals surface area contributed by atoms with E-state index in [1.807, 2.05) is 30.3 Å². The van der Waals surface area contributed by atoms with E-state index in [4.69, 9.17) is 0 Å². The van der Waals surface area contributed by atoms with Crippen LogP contribution < -0.4 is 5.32 Å². The summed E-state index contributed by atoms with van der Waals surface area (Å²) in [4.78, 5) is 26.4. The second-order valence-electron chi connectivity index (χ2n) is 7.94. The van der Waals surface area contributed by atoms with Crippen molar-refractivity contribution in [2.24, 2.45) is 7.05 Å². The van der Waals surface area contributed by atoms with Gasteiger partial charge in [0.25, 0.3) is 17.7 Å². The topological polar surface area (TPSA) is 97.9 Å². The number of hydrogen-bond acceptors (Lipinski definition) is 5. The van der Waals surface area contributed by atoms with Crippen LogP contribution in [-0.2, 0) is 20.1 Å². The molecule has 1 fully saturated rings. The number of rotatable bonds is 6. The minimum absolute atomic E-state index is 0.00285. The number of aromatic nitrogens is 5. The van der Waals surface area contributed by atoms with Crippen LogP contribution in [0.25, 0.3) is 0 Å². The zero-order chi connectivity index (χ0) is 22.9.